The van der Waals surface area contributed by atoms with E-state index in [1.807, 2.05) is 19.9 Å². The van der Waals surface area contributed by atoms with Crippen LogP contribution >= 0.6 is 0 Å². The molecule has 4 N–H and O–H groups in total. The second-order valence-electron chi connectivity index (χ2n) is 8.11. The molecule has 10 heteroatoms. The van der Waals surface area contributed by atoms with Crippen molar-refractivity contribution in [2.45, 2.75) is 39.7 Å². The number of amides is 2. The summed E-state index contributed by atoms with van der Waals surface area (Å²) in [5, 5.41) is 7.51. The van der Waals surface area contributed by atoms with Crippen molar-refractivity contribution in [3.8, 4) is 0 Å². The third-order valence-electron chi connectivity index (χ3n) is 5.49. The lowest BCUT2D eigenvalue weighted by molar-refractivity contribution is -0.180. The van der Waals surface area contributed by atoms with Gasteiger partial charge in [-0.3, -0.25) is 24.4 Å². The normalized spacial score (nSPS) is 14.8. The number of nitrogens with one attached hydrogen (secondary N) is 2. The first-order valence-electron chi connectivity index (χ1n) is 11.5. The smallest absolute Gasteiger partial charge is 0.273 e. The van der Waals surface area contributed by atoms with E-state index in [1.165, 1.54) is 11.3 Å². The quantitative estimate of drug-likeness (QED) is 0.536. The van der Waals surface area contributed by atoms with Gasteiger partial charge in [-0.05, 0) is 37.1 Å². The minimum Gasteiger partial charge on any atom is -0.387 e. The summed E-state index contributed by atoms with van der Waals surface area (Å²) in [6.07, 6.45) is 6.58. The summed E-state index contributed by atoms with van der Waals surface area (Å²) in [4.78, 5) is 44.6. The number of pyridine rings is 2. The summed E-state index contributed by atoms with van der Waals surface area (Å²) < 4.78 is 0. The van der Waals surface area contributed by atoms with E-state index < -0.39 is 0 Å². The Bertz CT molecular complexity index is 1150. The van der Waals surface area contributed by atoms with E-state index in [0.29, 0.717) is 41.4 Å². The molecule has 2 aromatic heterocycles. The number of fused-ring (bicyclic) bond motifs is 2. The van der Waals surface area contributed by atoms with Crippen LogP contribution in [0.1, 0.15) is 54.0 Å². The summed E-state index contributed by atoms with van der Waals surface area (Å²) in [6.45, 7) is 6.28. The van der Waals surface area contributed by atoms with E-state index in [-0.39, 0.29) is 24.1 Å². The van der Waals surface area contributed by atoms with Crippen LogP contribution in [0.2, 0.25) is 0 Å². The summed E-state index contributed by atoms with van der Waals surface area (Å²) in [5.41, 5.74) is 10.5. The van der Waals surface area contributed by atoms with Crippen molar-refractivity contribution in [1.82, 2.24) is 20.3 Å². The second kappa shape index (κ2) is 10.5. The van der Waals surface area contributed by atoms with E-state index in [9.17, 15) is 9.59 Å². The largest absolute Gasteiger partial charge is 0.387 e. The van der Waals surface area contributed by atoms with E-state index in [2.05, 4.69) is 25.6 Å². The van der Waals surface area contributed by atoms with Crippen molar-refractivity contribution in [2.24, 2.45) is 10.7 Å². The van der Waals surface area contributed by atoms with Crippen LogP contribution in [0.5, 0.6) is 0 Å². The number of anilines is 1. The Morgan fingerprint density at radius 1 is 1.24 bits per heavy atom. The molecule has 2 aliphatic rings. The lowest BCUT2D eigenvalue weighted by Gasteiger charge is -2.21. The van der Waals surface area contributed by atoms with Crippen LogP contribution in [-0.2, 0) is 22.6 Å². The molecule has 0 aromatic carbocycles. The Labute approximate surface area is 198 Å². The maximum absolute atomic E-state index is 13.0. The molecule has 34 heavy (non-hydrogen) atoms. The molecule has 0 fully saturated rings. The minimum absolute atomic E-state index is 0.166. The van der Waals surface area contributed by atoms with Crippen molar-refractivity contribution in [1.29, 1.82) is 0 Å². The summed E-state index contributed by atoms with van der Waals surface area (Å²) in [7, 11) is 0. The molecule has 0 atom stereocenters. The van der Waals surface area contributed by atoms with Gasteiger partial charge < -0.3 is 16.4 Å². The SMILES string of the molecule is CCCN(OCC)C(=O)C1=Cc2ncc(C(=O)Nc3cnc4c(c3)CNCC4)cc2N=C(N)C1. The highest BCUT2D eigenvalue weighted by atomic mass is 16.7. The Morgan fingerprint density at radius 2 is 2.09 bits per heavy atom. The lowest BCUT2D eigenvalue weighted by atomic mass is 10.1. The molecule has 2 amide bonds. The van der Waals surface area contributed by atoms with Gasteiger partial charge in [0.2, 0.25) is 0 Å². The Kier molecular flexibility index (Phi) is 7.29. The monoisotopic (exact) mass is 463 g/mol. The standard InChI is InChI=1S/C24H29N7O3/c1-3-7-31(34-4-2)24(33)15-9-20-21(30-22(25)11-15)10-17(13-27-20)23(32)29-18-8-16-12-26-6-5-19(16)28-14-18/h8-10,13-14,26H,3-7,11-12H2,1-2H3,(H2,25,30)(H,29,32). The first-order chi connectivity index (χ1) is 16.5. The Balaban J connectivity index is 1.56. The van der Waals surface area contributed by atoms with Gasteiger partial charge in [0, 0.05) is 49.9 Å². The van der Waals surface area contributed by atoms with Crippen LogP contribution < -0.4 is 16.4 Å². The summed E-state index contributed by atoms with van der Waals surface area (Å²) in [6, 6.07) is 3.55. The predicted molar refractivity (Wildman–Crippen MR) is 129 cm³/mol. The zero-order chi connectivity index (χ0) is 24.1. The number of hydrogen-bond acceptors (Lipinski definition) is 8. The van der Waals surface area contributed by atoms with Gasteiger partial charge in [-0.1, -0.05) is 6.92 Å². The highest BCUT2D eigenvalue weighted by Crippen LogP contribution is 2.27. The molecule has 10 nitrogen and oxygen atoms in total. The number of amidine groups is 1. The molecule has 0 unspecified atom stereocenters. The molecule has 0 bridgehead atoms. The predicted octanol–water partition coefficient (Wildman–Crippen LogP) is 2.34. The highest BCUT2D eigenvalue weighted by Gasteiger charge is 2.23. The molecular formula is C24H29N7O3. The fourth-order valence-electron chi connectivity index (χ4n) is 3.89. The minimum atomic E-state index is -0.329. The fourth-order valence-corrected chi connectivity index (χ4v) is 3.89. The van der Waals surface area contributed by atoms with Crippen LogP contribution in [0, 0.1) is 0 Å². The number of rotatable bonds is 7. The van der Waals surface area contributed by atoms with Gasteiger partial charge in [-0.15, -0.1) is 0 Å². The second-order valence-corrected chi connectivity index (χ2v) is 8.11. The van der Waals surface area contributed by atoms with Gasteiger partial charge >= 0.3 is 0 Å². The molecule has 0 radical (unpaired) electrons. The third-order valence-corrected chi connectivity index (χ3v) is 5.49. The average molecular weight is 464 g/mol. The van der Waals surface area contributed by atoms with Crippen LogP contribution in [0.15, 0.2) is 35.1 Å². The van der Waals surface area contributed by atoms with Gasteiger partial charge in [0.1, 0.15) is 5.84 Å². The molecule has 2 aromatic rings. The van der Waals surface area contributed by atoms with E-state index in [1.54, 1.807) is 18.3 Å². The Morgan fingerprint density at radius 3 is 2.88 bits per heavy atom. The highest BCUT2D eigenvalue weighted by molar-refractivity contribution is 6.07. The van der Waals surface area contributed by atoms with Gasteiger partial charge in [0.05, 0.1) is 35.4 Å². The first kappa shape index (κ1) is 23.5. The molecule has 0 spiro atoms. The maximum atomic E-state index is 13.0. The number of nitrogens with two attached hydrogens (primary N) is 1. The molecule has 2 aliphatic heterocycles. The van der Waals surface area contributed by atoms with Crippen LogP contribution in [0.25, 0.3) is 6.08 Å². The topological polar surface area (TPSA) is 135 Å². The molecular weight excluding hydrogens is 434 g/mol. The van der Waals surface area contributed by atoms with Crippen LogP contribution in [0.3, 0.4) is 0 Å². The van der Waals surface area contributed by atoms with Crippen molar-refractivity contribution < 1.29 is 14.4 Å². The third kappa shape index (κ3) is 5.29. The molecule has 4 rings (SSSR count). The lowest BCUT2D eigenvalue weighted by Crippen LogP contribution is -2.34. The average Bonchev–Trinajstić information content (AvgIpc) is 3.00. The zero-order valence-electron chi connectivity index (χ0n) is 19.4. The zero-order valence-corrected chi connectivity index (χ0v) is 19.4. The molecule has 0 saturated heterocycles. The maximum Gasteiger partial charge on any atom is 0.273 e. The number of hydrogen-bond donors (Lipinski definition) is 3. The summed E-state index contributed by atoms with van der Waals surface area (Å²) >= 11 is 0. The van der Waals surface area contributed by atoms with Gasteiger partial charge in [0.25, 0.3) is 11.8 Å². The van der Waals surface area contributed by atoms with E-state index in [0.717, 1.165) is 37.2 Å². The fraction of sp³-hybridized carbons (Fsp3) is 0.375. The number of carbonyl (C=O) groups excluding carboxylic acids is 2. The van der Waals surface area contributed by atoms with E-state index >= 15 is 0 Å². The number of aromatic nitrogens is 2. The molecule has 4 heterocycles. The number of carbonyl (C=O) groups is 2. The molecule has 0 aliphatic carbocycles. The van der Waals surface area contributed by atoms with Gasteiger partial charge in [-0.2, -0.15) is 0 Å². The van der Waals surface area contributed by atoms with Crippen molar-refractivity contribution >= 4 is 35.1 Å². The summed E-state index contributed by atoms with van der Waals surface area (Å²) in [5.74, 6) is -0.339. The van der Waals surface area contributed by atoms with Crippen molar-refractivity contribution in [3.63, 3.8) is 0 Å². The van der Waals surface area contributed by atoms with Gasteiger partial charge in [0.15, 0.2) is 0 Å². The van der Waals surface area contributed by atoms with Crippen LogP contribution in [0.4, 0.5) is 11.4 Å². The van der Waals surface area contributed by atoms with Gasteiger partial charge in [-0.25, -0.2) is 10.1 Å². The van der Waals surface area contributed by atoms with Crippen molar-refractivity contribution in [3.05, 3.63) is 52.6 Å². The number of aliphatic imine (C=N–C) groups is 1. The van der Waals surface area contributed by atoms with E-state index in [4.69, 9.17) is 10.6 Å². The van der Waals surface area contributed by atoms with Crippen LogP contribution in [-0.4, -0.2) is 52.4 Å². The molecule has 178 valence electrons. The number of hydroxylamine groups is 2. The number of nitrogens with zero attached hydrogens (tertiary/aromatic N) is 4. The molecule has 0 saturated carbocycles. The van der Waals surface area contributed by atoms with Crippen molar-refractivity contribution in [2.75, 3.05) is 25.0 Å². The Hall–Kier alpha value is -3.63. The first-order valence-corrected chi connectivity index (χ1v) is 11.5.